The summed E-state index contributed by atoms with van der Waals surface area (Å²) < 4.78 is 6.00. The van der Waals surface area contributed by atoms with Crippen molar-refractivity contribution in [3.8, 4) is 5.75 Å². The molecule has 1 atom stereocenters. The molecular weight excluding hydrogens is 390 g/mol. The van der Waals surface area contributed by atoms with Crippen LogP contribution >= 0.6 is 0 Å². The Morgan fingerprint density at radius 3 is 2.52 bits per heavy atom. The molecule has 0 aromatic heterocycles. The molecule has 0 unspecified atom stereocenters. The van der Waals surface area contributed by atoms with Gasteiger partial charge in [-0.1, -0.05) is 43.3 Å². The van der Waals surface area contributed by atoms with E-state index in [1.165, 1.54) is 5.56 Å². The van der Waals surface area contributed by atoms with E-state index >= 15 is 0 Å². The molecule has 1 N–H and O–H groups in total. The Morgan fingerprint density at radius 1 is 1.06 bits per heavy atom. The van der Waals surface area contributed by atoms with E-state index in [0.717, 1.165) is 23.4 Å². The minimum absolute atomic E-state index is 0.00334. The highest BCUT2D eigenvalue weighted by Gasteiger charge is 2.34. The standard InChI is InChI=1S/C25H31N3O3/c1-3-21-17-28(22-10-6-7-11-23(22)31-21)25(30)27-14-12-19(13-15-27)24(29)26-16-20-9-5-4-8-18(20)2/h4-11,19,21H,3,12-17H2,1-2H3,(H,26,29)/t21-/m1/s1. The number of urea groups is 1. The fourth-order valence-corrected chi connectivity index (χ4v) is 4.33. The summed E-state index contributed by atoms with van der Waals surface area (Å²) in [5.41, 5.74) is 3.15. The number of amides is 3. The molecule has 31 heavy (non-hydrogen) atoms. The van der Waals surface area contributed by atoms with Gasteiger partial charge in [-0.05, 0) is 49.4 Å². The van der Waals surface area contributed by atoms with Gasteiger partial charge in [-0.3, -0.25) is 9.69 Å². The van der Waals surface area contributed by atoms with Crippen LogP contribution in [0.5, 0.6) is 5.75 Å². The van der Waals surface area contributed by atoms with Crippen LogP contribution in [-0.4, -0.2) is 42.6 Å². The van der Waals surface area contributed by atoms with E-state index in [0.29, 0.717) is 39.0 Å². The maximum Gasteiger partial charge on any atom is 0.324 e. The monoisotopic (exact) mass is 421 g/mol. The lowest BCUT2D eigenvalue weighted by Crippen LogP contribution is -2.52. The van der Waals surface area contributed by atoms with E-state index in [4.69, 9.17) is 4.74 Å². The van der Waals surface area contributed by atoms with Gasteiger partial charge in [-0.25, -0.2) is 4.79 Å². The van der Waals surface area contributed by atoms with Gasteiger partial charge in [0.1, 0.15) is 11.9 Å². The molecule has 0 radical (unpaired) electrons. The van der Waals surface area contributed by atoms with Crippen molar-refractivity contribution in [2.75, 3.05) is 24.5 Å². The molecular formula is C25H31N3O3. The molecule has 0 spiro atoms. The second-order valence-electron chi connectivity index (χ2n) is 8.41. The molecule has 2 aromatic carbocycles. The lowest BCUT2D eigenvalue weighted by atomic mass is 9.96. The third-order valence-electron chi connectivity index (χ3n) is 6.37. The number of piperidine rings is 1. The molecule has 164 valence electrons. The number of anilines is 1. The summed E-state index contributed by atoms with van der Waals surface area (Å²) in [7, 11) is 0. The van der Waals surface area contributed by atoms with E-state index in [-0.39, 0.29) is 24.0 Å². The summed E-state index contributed by atoms with van der Waals surface area (Å²) in [5, 5.41) is 3.07. The van der Waals surface area contributed by atoms with Gasteiger partial charge in [0.25, 0.3) is 0 Å². The van der Waals surface area contributed by atoms with Crippen LogP contribution in [0, 0.1) is 12.8 Å². The van der Waals surface area contributed by atoms with Crippen LogP contribution in [0.2, 0.25) is 0 Å². The van der Waals surface area contributed by atoms with Gasteiger partial charge >= 0.3 is 6.03 Å². The van der Waals surface area contributed by atoms with Gasteiger partial charge in [0.05, 0.1) is 12.2 Å². The van der Waals surface area contributed by atoms with Gasteiger partial charge in [0, 0.05) is 25.6 Å². The second-order valence-corrected chi connectivity index (χ2v) is 8.41. The highest BCUT2D eigenvalue weighted by molar-refractivity contribution is 5.94. The number of carbonyl (C=O) groups excluding carboxylic acids is 2. The minimum Gasteiger partial charge on any atom is -0.486 e. The maximum atomic E-state index is 13.3. The Balaban J connectivity index is 1.34. The predicted octanol–water partition coefficient (Wildman–Crippen LogP) is 4.12. The number of para-hydroxylation sites is 2. The number of ether oxygens (including phenoxy) is 1. The quantitative estimate of drug-likeness (QED) is 0.808. The van der Waals surface area contributed by atoms with E-state index in [9.17, 15) is 9.59 Å². The average Bonchev–Trinajstić information content (AvgIpc) is 2.82. The minimum atomic E-state index is -0.0477. The number of fused-ring (bicyclic) bond motifs is 1. The molecule has 0 saturated carbocycles. The normalized spacial score (nSPS) is 18.8. The van der Waals surface area contributed by atoms with Crippen LogP contribution in [0.4, 0.5) is 10.5 Å². The van der Waals surface area contributed by atoms with Crippen molar-refractivity contribution >= 4 is 17.6 Å². The molecule has 2 aliphatic rings. The number of likely N-dealkylation sites (tertiary alicyclic amines) is 1. The molecule has 2 heterocycles. The zero-order chi connectivity index (χ0) is 21.8. The smallest absolute Gasteiger partial charge is 0.324 e. The zero-order valence-corrected chi connectivity index (χ0v) is 18.3. The third kappa shape index (κ3) is 4.68. The van der Waals surface area contributed by atoms with E-state index in [2.05, 4.69) is 25.2 Å². The molecule has 2 aromatic rings. The Labute approximate surface area is 184 Å². The molecule has 6 heteroatoms. The predicted molar refractivity (Wildman–Crippen MR) is 121 cm³/mol. The van der Waals surface area contributed by atoms with E-state index < -0.39 is 0 Å². The zero-order valence-electron chi connectivity index (χ0n) is 18.3. The van der Waals surface area contributed by atoms with Gasteiger partial charge in [0.15, 0.2) is 0 Å². The summed E-state index contributed by atoms with van der Waals surface area (Å²) in [6.45, 7) is 6.42. The van der Waals surface area contributed by atoms with Crippen molar-refractivity contribution in [1.82, 2.24) is 10.2 Å². The van der Waals surface area contributed by atoms with Crippen molar-refractivity contribution < 1.29 is 14.3 Å². The number of rotatable bonds is 4. The van der Waals surface area contributed by atoms with Crippen molar-refractivity contribution in [3.05, 3.63) is 59.7 Å². The first-order valence-electron chi connectivity index (χ1n) is 11.2. The fourth-order valence-electron chi connectivity index (χ4n) is 4.33. The largest absolute Gasteiger partial charge is 0.486 e. The number of nitrogens with zero attached hydrogens (tertiary/aromatic N) is 2. The Bertz CT molecular complexity index is 937. The van der Waals surface area contributed by atoms with Crippen LogP contribution in [0.15, 0.2) is 48.5 Å². The Kier molecular flexibility index (Phi) is 6.44. The highest BCUT2D eigenvalue weighted by atomic mass is 16.5. The number of benzene rings is 2. The SMILES string of the molecule is CC[C@@H]1CN(C(=O)N2CCC(C(=O)NCc3ccccc3C)CC2)c2ccccc2O1. The molecule has 0 aliphatic carbocycles. The van der Waals surface area contributed by atoms with Crippen molar-refractivity contribution in [2.45, 2.75) is 45.8 Å². The number of aryl methyl sites for hydroxylation is 1. The summed E-state index contributed by atoms with van der Waals surface area (Å²) in [5.74, 6) is 0.797. The van der Waals surface area contributed by atoms with Crippen LogP contribution in [0.25, 0.3) is 0 Å². The maximum absolute atomic E-state index is 13.3. The van der Waals surface area contributed by atoms with Crippen molar-refractivity contribution in [1.29, 1.82) is 0 Å². The van der Waals surface area contributed by atoms with E-state index in [1.807, 2.05) is 52.3 Å². The Hall–Kier alpha value is -3.02. The topological polar surface area (TPSA) is 61.9 Å². The van der Waals surface area contributed by atoms with Crippen LogP contribution in [-0.2, 0) is 11.3 Å². The molecule has 6 nitrogen and oxygen atoms in total. The summed E-state index contributed by atoms with van der Waals surface area (Å²) >= 11 is 0. The van der Waals surface area contributed by atoms with Crippen LogP contribution in [0.3, 0.4) is 0 Å². The van der Waals surface area contributed by atoms with Gasteiger partial charge < -0.3 is 15.0 Å². The van der Waals surface area contributed by atoms with Crippen molar-refractivity contribution in [2.24, 2.45) is 5.92 Å². The average molecular weight is 422 g/mol. The van der Waals surface area contributed by atoms with Gasteiger partial charge in [-0.15, -0.1) is 0 Å². The number of hydrogen-bond donors (Lipinski definition) is 1. The van der Waals surface area contributed by atoms with Crippen molar-refractivity contribution in [3.63, 3.8) is 0 Å². The molecule has 1 fully saturated rings. The highest BCUT2D eigenvalue weighted by Crippen LogP contribution is 2.35. The molecule has 4 rings (SSSR count). The molecule has 0 bridgehead atoms. The first-order valence-corrected chi connectivity index (χ1v) is 11.2. The third-order valence-corrected chi connectivity index (χ3v) is 6.37. The first-order chi connectivity index (χ1) is 15.1. The second kappa shape index (κ2) is 9.41. The molecule has 3 amide bonds. The number of hydrogen-bond acceptors (Lipinski definition) is 3. The summed E-state index contributed by atoms with van der Waals surface area (Å²) in [6.07, 6.45) is 2.23. The lowest BCUT2D eigenvalue weighted by molar-refractivity contribution is -0.126. The van der Waals surface area contributed by atoms with Crippen LogP contribution < -0.4 is 15.0 Å². The molecule has 1 saturated heterocycles. The summed E-state index contributed by atoms with van der Waals surface area (Å²) in [4.78, 5) is 29.7. The number of carbonyl (C=O) groups is 2. The van der Waals surface area contributed by atoms with Gasteiger partial charge in [0.2, 0.25) is 5.91 Å². The molecule has 2 aliphatic heterocycles. The number of nitrogens with one attached hydrogen (secondary N) is 1. The van der Waals surface area contributed by atoms with Crippen LogP contribution in [0.1, 0.15) is 37.3 Å². The van der Waals surface area contributed by atoms with E-state index in [1.54, 1.807) is 0 Å². The summed E-state index contributed by atoms with van der Waals surface area (Å²) in [6, 6.07) is 15.8. The Morgan fingerprint density at radius 2 is 1.77 bits per heavy atom. The van der Waals surface area contributed by atoms with Gasteiger partial charge in [-0.2, -0.15) is 0 Å². The first kappa shape index (κ1) is 21.2. The lowest BCUT2D eigenvalue weighted by Gasteiger charge is -2.39. The fraction of sp³-hybridized carbons (Fsp3) is 0.440.